The topological polar surface area (TPSA) is 65.8 Å². The van der Waals surface area contributed by atoms with Crippen molar-refractivity contribution < 1.29 is 14.0 Å². The molecule has 8 heteroatoms. The molecule has 1 aromatic heterocycles. The molecular formula is C19H21Cl2N3O3. The van der Waals surface area contributed by atoms with E-state index in [1.165, 1.54) is 0 Å². The van der Waals surface area contributed by atoms with E-state index < -0.39 is 0 Å². The summed E-state index contributed by atoms with van der Waals surface area (Å²) in [6.07, 6.45) is 0. The largest absolute Gasteiger partial charge is 0.466 e. The number of piperazine rings is 1. The molecule has 0 aliphatic carbocycles. The minimum Gasteiger partial charge on any atom is -0.466 e. The molecule has 1 saturated heterocycles. The number of carbonyl (C=O) groups excluding carboxylic acids is 2. The molecule has 144 valence electrons. The molecule has 1 aliphatic rings. The fraction of sp³-hybridized carbons (Fsp3) is 0.368. The van der Waals surface area contributed by atoms with Crippen molar-refractivity contribution in [1.29, 1.82) is 0 Å². The van der Waals surface area contributed by atoms with Gasteiger partial charge >= 0.3 is 0 Å². The second-order valence-corrected chi connectivity index (χ2v) is 7.33. The molecule has 0 saturated carbocycles. The predicted molar refractivity (Wildman–Crippen MR) is 106 cm³/mol. The Hall–Kier alpha value is -2.02. The van der Waals surface area contributed by atoms with E-state index in [-0.39, 0.29) is 18.4 Å². The van der Waals surface area contributed by atoms with Crippen molar-refractivity contribution in [2.24, 2.45) is 0 Å². The van der Waals surface area contributed by atoms with Crippen LogP contribution >= 0.6 is 23.2 Å². The molecule has 0 unspecified atom stereocenters. The summed E-state index contributed by atoms with van der Waals surface area (Å²) in [5.41, 5.74) is 1.10. The van der Waals surface area contributed by atoms with E-state index in [0.717, 1.165) is 5.76 Å². The molecule has 0 bridgehead atoms. The molecule has 3 rings (SSSR count). The van der Waals surface area contributed by atoms with Gasteiger partial charge in [0.15, 0.2) is 0 Å². The number of benzene rings is 1. The van der Waals surface area contributed by atoms with E-state index in [1.807, 2.05) is 11.8 Å². The Morgan fingerprint density at radius 1 is 1.15 bits per heavy atom. The molecule has 0 radical (unpaired) electrons. The average molecular weight is 410 g/mol. The van der Waals surface area contributed by atoms with E-state index in [9.17, 15) is 9.59 Å². The Balaban J connectivity index is 1.52. The third kappa shape index (κ3) is 4.64. The first-order valence-corrected chi connectivity index (χ1v) is 9.43. The van der Waals surface area contributed by atoms with Crippen LogP contribution < -0.4 is 5.32 Å². The number of aryl methyl sites for hydroxylation is 2. The number of halogens is 2. The maximum absolute atomic E-state index is 12.6. The standard InChI is InChI=1S/C19H21Cl2N3O3/c1-12-10-14(13(2)27-12)19(26)24-8-6-23(7-9-24)11-17(25)22-16-5-3-4-15(20)18(16)21/h3-5,10H,6-9,11H2,1-2H3,(H,22,25). The maximum Gasteiger partial charge on any atom is 0.257 e. The number of hydrogen-bond donors (Lipinski definition) is 1. The SMILES string of the molecule is Cc1cc(C(=O)N2CCN(CC(=O)Nc3cccc(Cl)c3Cl)CC2)c(C)o1. The van der Waals surface area contributed by atoms with Crippen molar-refractivity contribution in [2.45, 2.75) is 13.8 Å². The van der Waals surface area contributed by atoms with Crippen molar-refractivity contribution in [1.82, 2.24) is 9.80 Å². The number of anilines is 1. The molecule has 27 heavy (non-hydrogen) atoms. The van der Waals surface area contributed by atoms with Gasteiger partial charge in [0.05, 0.1) is 27.8 Å². The number of rotatable bonds is 4. The van der Waals surface area contributed by atoms with Crippen molar-refractivity contribution in [2.75, 3.05) is 38.0 Å². The first-order valence-electron chi connectivity index (χ1n) is 8.67. The van der Waals surface area contributed by atoms with Crippen LogP contribution in [0.25, 0.3) is 0 Å². The predicted octanol–water partition coefficient (Wildman–Crippen LogP) is 3.60. The van der Waals surface area contributed by atoms with Gasteiger partial charge in [-0.3, -0.25) is 14.5 Å². The van der Waals surface area contributed by atoms with Crippen molar-refractivity contribution in [3.05, 3.63) is 51.4 Å². The van der Waals surface area contributed by atoms with Gasteiger partial charge in [-0.15, -0.1) is 0 Å². The van der Waals surface area contributed by atoms with Crippen LogP contribution in [0.5, 0.6) is 0 Å². The van der Waals surface area contributed by atoms with E-state index in [0.29, 0.717) is 53.2 Å². The second-order valence-electron chi connectivity index (χ2n) is 6.54. The van der Waals surface area contributed by atoms with E-state index in [1.54, 1.807) is 36.1 Å². The highest BCUT2D eigenvalue weighted by molar-refractivity contribution is 6.44. The normalized spacial score (nSPS) is 15.0. The summed E-state index contributed by atoms with van der Waals surface area (Å²) in [5.74, 6) is 1.17. The number of hydrogen-bond acceptors (Lipinski definition) is 4. The number of amides is 2. The lowest BCUT2D eigenvalue weighted by molar-refractivity contribution is -0.117. The van der Waals surface area contributed by atoms with Crippen molar-refractivity contribution in [3.8, 4) is 0 Å². The van der Waals surface area contributed by atoms with Gasteiger partial charge in [0.1, 0.15) is 11.5 Å². The molecule has 1 N–H and O–H groups in total. The van der Waals surface area contributed by atoms with Crippen LogP contribution in [0.1, 0.15) is 21.9 Å². The maximum atomic E-state index is 12.6. The summed E-state index contributed by atoms with van der Waals surface area (Å²) in [7, 11) is 0. The molecule has 0 spiro atoms. The highest BCUT2D eigenvalue weighted by atomic mass is 35.5. The summed E-state index contributed by atoms with van der Waals surface area (Å²) < 4.78 is 5.44. The Kier molecular flexibility index (Phi) is 6.09. The quantitative estimate of drug-likeness (QED) is 0.837. The van der Waals surface area contributed by atoms with E-state index in [2.05, 4.69) is 5.32 Å². The van der Waals surface area contributed by atoms with Gasteiger partial charge in [0.25, 0.3) is 5.91 Å². The molecule has 6 nitrogen and oxygen atoms in total. The molecule has 1 aromatic carbocycles. The summed E-state index contributed by atoms with van der Waals surface area (Å²) in [4.78, 5) is 28.7. The Bertz CT molecular complexity index is 858. The van der Waals surface area contributed by atoms with E-state index in [4.69, 9.17) is 27.6 Å². The lowest BCUT2D eigenvalue weighted by Crippen LogP contribution is -2.50. The van der Waals surface area contributed by atoms with Crippen molar-refractivity contribution >= 4 is 40.7 Å². The second kappa shape index (κ2) is 8.33. The van der Waals surface area contributed by atoms with Crippen LogP contribution in [0.15, 0.2) is 28.7 Å². The summed E-state index contributed by atoms with van der Waals surface area (Å²) in [6, 6.07) is 6.87. The summed E-state index contributed by atoms with van der Waals surface area (Å²) >= 11 is 12.1. The van der Waals surface area contributed by atoms with Crippen molar-refractivity contribution in [3.63, 3.8) is 0 Å². The number of nitrogens with one attached hydrogen (secondary N) is 1. The third-order valence-corrected chi connectivity index (χ3v) is 5.34. The molecular weight excluding hydrogens is 389 g/mol. The highest BCUT2D eigenvalue weighted by Gasteiger charge is 2.25. The fourth-order valence-corrected chi connectivity index (χ4v) is 3.46. The Labute approximate surface area is 168 Å². The zero-order valence-corrected chi connectivity index (χ0v) is 16.7. The molecule has 1 fully saturated rings. The minimum absolute atomic E-state index is 0.0286. The lowest BCUT2D eigenvalue weighted by atomic mass is 10.2. The Morgan fingerprint density at radius 2 is 1.85 bits per heavy atom. The van der Waals surface area contributed by atoms with Gasteiger partial charge < -0.3 is 14.6 Å². The van der Waals surface area contributed by atoms with Gasteiger partial charge in [-0.2, -0.15) is 0 Å². The monoisotopic (exact) mass is 409 g/mol. The first kappa shape index (κ1) is 19.7. The highest BCUT2D eigenvalue weighted by Crippen LogP contribution is 2.29. The summed E-state index contributed by atoms with van der Waals surface area (Å²) in [6.45, 7) is 6.22. The van der Waals surface area contributed by atoms with Crippen LogP contribution in [0.3, 0.4) is 0 Å². The number of carbonyl (C=O) groups is 2. The average Bonchev–Trinajstić information content (AvgIpc) is 2.97. The molecule has 2 aromatic rings. The zero-order chi connectivity index (χ0) is 19.6. The number of furan rings is 1. The van der Waals surface area contributed by atoms with Crippen LogP contribution in [-0.2, 0) is 4.79 Å². The van der Waals surface area contributed by atoms with Gasteiger partial charge in [-0.1, -0.05) is 29.3 Å². The number of nitrogens with zero attached hydrogens (tertiary/aromatic N) is 2. The van der Waals surface area contributed by atoms with Crippen LogP contribution in [0.2, 0.25) is 10.0 Å². The van der Waals surface area contributed by atoms with Gasteiger partial charge in [0, 0.05) is 26.2 Å². The van der Waals surface area contributed by atoms with Crippen LogP contribution in [0.4, 0.5) is 5.69 Å². The van der Waals surface area contributed by atoms with Gasteiger partial charge in [-0.05, 0) is 32.0 Å². The zero-order valence-electron chi connectivity index (χ0n) is 15.2. The van der Waals surface area contributed by atoms with Gasteiger partial charge in [0.2, 0.25) is 5.91 Å². The first-order chi connectivity index (χ1) is 12.8. The van der Waals surface area contributed by atoms with Crippen LogP contribution in [0, 0.1) is 13.8 Å². The third-order valence-electron chi connectivity index (χ3n) is 4.52. The molecule has 1 aliphatic heterocycles. The van der Waals surface area contributed by atoms with Crippen LogP contribution in [-0.4, -0.2) is 54.3 Å². The lowest BCUT2D eigenvalue weighted by Gasteiger charge is -2.34. The summed E-state index contributed by atoms with van der Waals surface area (Å²) in [5, 5.41) is 3.50. The Morgan fingerprint density at radius 3 is 2.48 bits per heavy atom. The molecule has 2 heterocycles. The van der Waals surface area contributed by atoms with Gasteiger partial charge in [-0.25, -0.2) is 0 Å². The smallest absolute Gasteiger partial charge is 0.257 e. The fourth-order valence-electron chi connectivity index (χ4n) is 3.12. The molecule has 0 atom stereocenters. The van der Waals surface area contributed by atoms with E-state index >= 15 is 0 Å². The minimum atomic E-state index is -0.166. The molecule has 2 amide bonds.